The van der Waals surface area contributed by atoms with Gasteiger partial charge >= 0.3 is 11.8 Å². The van der Waals surface area contributed by atoms with Crippen molar-refractivity contribution >= 4 is 21.8 Å². The third kappa shape index (κ3) is 5.24. The van der Waals surface area contributed by atoms with Crippen molar-refractivity contribution in [2.24, 2.45) is 0 Å². The van der Waals surface area contributed by atoms with E-state index in [-0.39, 0.29) is 31.3 Å². The molecule has 0 radical (unpaired) electrons. The largest absolute Gasteiger partial charge is 0.497 e. The number of benzene rings is 2. The summed E-state index contributed by atoms with van der Waals surface area (Å²) in [5, 5.41) is 4.98. The van der Waals surface area contributed by atoms with E-state index in [0.29, 0.717) is 30.3 Å². The fourth-order valence-electron chi connectivity index (χ4n) is 3.56. The van der Waals surface area contributed by atoms with Gasteiger partial charge in [0.1, 0.15) is 12.0 Å². The van der Waals surface area contributed by atoms with Gasteiger partial charge in [-0.1, -0.05) is 6.07 Å². The Kier molecular flexibility index (Phi) is 7.20. The number of hydrogen-bond acceptors (Lipinski definition) is 8. The number of fused-ring (bicyclic) bond motifs is 1. The SMILES string of the molecule is COc1ccc(S(=O)(=O)N2CCCOC2CNC(=O)C(=O)NCc2ccc3c(c2)OCO3)cc1. The van der Waals surface area contributed by atoms with Gasteiger partial charge in [0.05, 0.1) is 25.2 Å². The molecule has 2 aliphatic heterocycles. The number of hydrogen-bond donors (Lipinski definition) is 2. The number of nitrogens with zero attached hydrogens (tertiary/aromatic N) is 1. The van der Waals surface area contributed by atoms with Crippen LogP contribution in [-0.4, -0.2) is 64.4 Å². The van der Waals surface area contributed by atoms with Crippen molar-refractivity contribution in [2.75, 3.05) is 33.6 Å². The van der Waals surface area contributed by atoms with Gasteiger partial charge in [-0.15, -0.1) is 0 Å². The van der Waals surface area contributed by atoms with E-state index in [4.69, 9.17) is 18.9 Å². The summed E-state index contributed by atoms with van der Waals surface area (Å²) in [6.07, 6.45) is -0.429. The summed E-state index contributed by atoms with van der Waals surface area (Å²) in [7, 11) is -2.38. The minimum absolute atomic E-state index is 0.0802. The molecule has 11 nitrogen and oxygen atoms in total. The highest BCUT2D eigenvalue weighted by Crippen LogP contribution is 2.32. The Balaban J connectivity index is 1.33. The van der Waals surface area contributed by atoms with Crippen molar-refractivity contribution < 1.29 is 37.0 Å². The first kappa shape index (κ1) is 23.8. The van der Waals surface area contributed by atoms with Crippen molar-refractivity contribution in [1.82, 2.24) is 14.9 Å². The zero-order chi connectivity index (χ0) is 24.1. The zero-order valence-electron chi connectivity index (χ0n) is 18.5. The summed E-state index contributed by atoms with van der Waals surface area (Å²) in [5.74, 6) is -0.0163. The fraction of sp³-hybridized carbons (Fsp3) is 0.364. The fourth-order valence-corrected chi connectivity index (χ4v) is 5.12. The van der Waals surface area contributed by atoms with Crippen molar-refractivity contribution in [3.63, 3.8) is 0 Å². The molecule has 1 fully saturated rings. The Hall–Kier alpha value is -3.35. The molecule has 2 aromatic rings. The summed E-state index contributed by atoms with van der Waals surface area (Å²) >= 11 is 0. The molecule has 1 saturated heterocycles. The van der Waals surface area contributed by atoms with Gasteiger partial charge in [-0.2, -0.15) is 4.31 Å². The molecule has 0 aromatic heterocycles. The van der Waals surface area contributed by atoms with Gasteiger partial charge in [-0.05, 0) is 48.4 Å². The quantitative estimate of drug-likeness (QED) is 0.538. The van der Waals surface area contributed by atoms with E-state index < -0.39 is 28.1 Å². The maximum Gasteiger partial charge on any atom is 0.309 e. The first-order valence-corrected chi connectivity index (χ1v) is 12.0. The average molecular weight is 492 g/mol. The number of carbonyl (C=O) groups is 2. The molecule has 182 valence electrons. The minimum Gasteiger partial charge on any atom is -0.497 e. The minimum atomic E-state index is -3.88. The van der Waals surface area contributed by atoms with E-state index in [1.165, 1.54) is 23.5 Å². The van der Waals surface area contributed by atoms with Crippen LogP contribution in [-0.2, 0) is 30.9 Å². The second kappa shape index (κ2) is 10.3. The molecule has 2 aliphatic rings. The summed E-state index contributed by atoms with van der Waals surface area (Å²) in [5.41, 5.74) is 0.734. The van der Waals surface area contributed by atoms with Crippen LogP contribution in [0.5, 0.6) is 17.2 Å². The number of sulfonamides is 1. The number of methoxy groups -OCH3 is 1. The molecule has 2 amide bonds. The zero-order valence-corrected chi connectivity index (χ0v) is 19.3. The van der Waals surface area contributed by atoms with E-state index in [1.54, 1.807) is 30.3 Å². The van der Waals surface area contributed by atoms with Gasteiger partial charge in [-0.25, -0.2) is 8.42 Å². The summed E-state index contributed by atoms with van der Waals surface area (Å²) < 4.78 is 48.6. The Labute approximate surface area is 197 Å². The number of amides is 2. The average Bonchev–Trinajstić information content (AvgIpc) is 3.34. The maximum absolute atomic E-state index is 13.1. The van der Waals surface area contributed by atoms with Gasteiger partial charge < -0.3 is 29.6 Å². The smallest absolute Gasteiger partial charge is 0.309 e. The van der Waals surface area contributed by atoms with Crippen LogP contribution < -0.4 is 24.8 Å². The van der Waals surface area contributed by atoms with Gasteiger partial charge in [0.25, 0.3) is 0 Å². The second-order valence-corrected chi connectivity index (χ2v) is 9.44. The van der Waals surface area contributed by atoms with Crippen molar-refractivity contribution in [3.8, 4) is 17.2 Å². The Morgan fingerprint density at radius 2 is 1.79 bits per heavy atom. The molecule has 0 bridgehead atoms. The molecule has 34 heavy (non-hydrogen) atoms. The number of carbonyl (C=O) groups excluding carboxylic acids is 2. The summed E-state index contributed by atoms with van der Waals surface area (Å²) in [6, 6.07) is 11.2. The van der Waals surface area contributed by atoms with Crippen LogP contribution in [0.3, 0.4) is 0 Å². The molecule has 0 saturated carbocycles. The highest BCUT2D eigenvalue weighted by Gasteiger charge is 2.35. The van der Waals surface area contributed by atoms with Crippen LogP contribution in [0.25, 0.3) is 0 Å². The molecule has 12 heteroatoms. The molecular weight excluding hydrogens is 466 g/mol. The monoisotopic (exact) mass is 491 g/mol. The van der Waals surface area contributed by atoms with Crippen molar-refractivity contribution in [3.05, 3.63) is 48.0 Å². The normalized spacial score (nSPS) is 17.7. The maximum atomic E-state index is 13.1. The lowest BCUT2D eigenvalue weighted by molar-refractivity contribution is -0.140. The second-order valence-electron chi connectivity index (χ2n) is 7.55. The van der Waals surface area contributed by atoms with Crippen LogP contribution in [0.15, 0.2) is 47.4 Å². The highest BCUT2D eigenvalue weighted by atomic mass is 32.2. The van der Waals surface area contributed by atoms with E-state index in [1.807, 2.05) is 0 Å². The number of ether oxygens (including phenoxy) is 4. The first-order valence-electron chi connectivity index (χ1n) is 10.6. The topological polar surface area (TPSA) is 132 Å². The van der Waals surface area contributed by atoms with Gasteiger partial charge in [0.2, 0.25) is 16.8 Å². The van der Waals surface area contributed by atoms with Gasteiger partial charge in [-0.3, -0.25) is 9.59 Å². The predicted octanol–water partition coefficient (Wildman–Crippen LogP) is 0.594. The highest BCUT2D eigenvalue weighted by molar-refractivity contribution is 7.89. The van der Waals surface area contributed by atoms with Gasteiger partial charge in [0, 0.05) is 13.1 Å². The van der Waals surface area contributed by atoms with Crippen LogP contribution in [0, 0.1) is 0 Å². The van der Waals surface area contributed by atoms with Crippen LogP contribution in [0.1, 0.15) is 12.0 Å². The first-order chi connectivity index (χ1) is 16.4. The number of rotatable bonds is 7. The van der Waals surface area contributed by atoms with Crippen molar-refractivity contribution in [1.29, 1.82) is 0 Å². The van der Waals surface area contributed by atoms with Crippen LogP contribution >= 0.6 is 0 Å². The van der Waals surface area contributed by atoms with E-state index in [2.05, 4.69) is 10.6 Å². The van der Waals surface area contributed by atoms with Crippen molar-refractivity contribution in [2.45, 2.75) is 24.1 Å². The molecule has 1 unspecified atom stereocenters. The molecule has 2 N–H and O–H groups in total. The van der Waals surface area contributed by atoms with Crippen LogP contribution in [0.4, 0.5) is 0 Å². The number of nitrogens with one attached hydrogen (secondary N) is 2. The predicted molar refractivity (Wildman–Crippen MR) is 119 cm³/mol. The summed E-state index contributed by atoms with van der Waals surface area (Å²) in [4.78, 5) is 24.6. The molecule has 2 heterocycles. The molecular formula is C22H25N3O8S. The van der Waals surface area contributed by atoms with Crippen LogP contribution in [0.2, 0.25) is 0 Å². The molecule has 1 atom stereocenters. The summed E-state index contributed by atoms with van der Waals surface area (Å²) in [6.45, 7) is 0.644. The van der Waals surface area contributed by atoms with Gasteiger partial charge in [0.15, 0.2) is 11.5 Å². The Morgan fingerprint density at radius 3 is 2.56 bits per heavy atom. The Bertz CT molecular complexity index is 1150. The lowest BCUT2D eigenvalue weighted by Crippen LogP contribution is -2.53. The molecule has 0 spiro atoms. The third-order valence-corrected chi connectivity index (χ3v) is 7.26. The lowest BCUT2D eigenvalue weighted by atomic mass is 10.2. The lowest BCUT2D eigenvalue weighted by Gasteiger charge is -2.34. The molecule has 4 rings (SSSR count). The van der Waals surface area contributed by atoms with E-state index in [0.717, 1.165) is 5.56 Å². The van der Waals surface area contributed by atoms with E-state index in [9.17, 15) is 18.0 Å². The molecule has 2 aromatic carbocycles. The standard InChI is InChI=1S/C22H25N3O8S/c1-30-16-4-6-17(7-5-16)34(28,29)25-9-2-10-31-20(25)13-24-22(27)21(26)23-12-15-3-8-18-19(11-15)33-14-32-18/h3-8,11,20H,2,9-10,12-14H2,1H3,(H,23,26)(H,24,27). The molecule has 0 aliphatic carbocycles. The Morgan fingerprint density at radius 1 is 1.06 bits per heavy atom. The third-order valence-electron chi connectivity index (χ3n) is 5.35. The van der Waals surface area contributed by atoms with E-state index >= 15 is 0 Å².